The van der Waals surface area contributed by atoms with E-state index in [4.69, 9.17) is 4.42 Å². The van der Waals surface area contributed by atoms with Crippen LogP contribution in [-0.4, -0.2) is 35.6 Å². The van der Waals surface area contributed by atoms with Gasteiger partial charge in [0.15, 0.2) is 5.69 Å². The van der Waals surface area contributed by atoms with Crippen LogP contribution < -0.4 is 10.6 Å². The number of carbonyl (C=O) groups excluding carboxylic acids is 2. The van der Waals surface area contributed by atoms with Gasteiger partial charge in [0.05, 0.1) is 6.61 Å². The normalized spacial score (nSPS) is 13.1. The Balaban J connectivity index is 2.09. The van der Waals surface area contributed by atoms with Crippen LogP contribution in [0.5, 0.6) is 0 Å². The van der Waals surface area contributed by atoms with Gasteiger partial charge >= 0.3 is 0 Å². The number of nitrogens with zero attached hydrogens (tertiary/aromatic N) is 1. The SMILES string of the molecule is CNC(=O)c1nc([C@](C)(CO)NC(=O)CCc2ccccc2)oc1C. The highest BCUT2D eigenvalue weighted by Crippen LogP contribution is 2.22. The minimum Gasteiger partial charge on any atom is -0.442 e. The minimum absolute atomic E-state index is 0.0964. The van der Waals surface area contributed by atoms with Crippen molar-refractivity contribution in [3.63, 3.8) is 0 Å². The van der Waals surface area contributed by atoms with Crippen LogP contribution in [0.3, 0.4) is 0 Å². The molecule has 2 rings (SSSR count). The van der Waals surface area contributed by atoms with Crippen LogP contribution in [0.25, 0.3) is 0 Å². The Morgan fingerprint density at radius 1 is 1.28 bits per heavy atom. The van der Waals surface area contributed by atoms with Crippen molar-refractivity contribution in [1.82, 2.24) is 15.6 Å². The Morgan fingerprint density at radius 3 is 2.56 bits per heavy atom. The third kappa shape index (κ3) is 4.45. The predicted octanol–water partition coefficient (Wildman–Crippen LogP) is 1.30. The van der Waals surface area contributed by atoms with E-state index in [2.05, 4.69) is 15.6 Å². The molecule has 0 saturated carbocycles. The summed E-state index contributed by atoms with van der Waals surface area (Å²) in [6.45, 7) is 2.81. The second kappa shape index (κ2) is 7.94. The summed E-state index contributed by atoms with van der Waals surface area (Å²) in [7, 11) is 1.49. The van der Waals surface area contributed by atoms with E-state index < -0.39 is 12.1 Å². The number of carbonyl (C=O) groups is 2. The molecule has 134 valence electrons. The molecule has 7 nitrogen and oxygen atoms in total. The molecule has 0 aliphatic heterocycles. The van der Waals surface area contributed by atoms with Crippen LogP contribution in [0.1, 0.15) is 41.0 Å². The Labute approximate surface area is 146 Å². The number of aryl methyl sites for hydroxylation is 2. The van der Waals surface area contributed by atoms with Crippen LogP contribution >= 0.6 is 0 Å². The molecule has 1 aromatic carbocycles. The zero-order chi connectivity index (χ0) is 18.4. The van der Waals surface area contributed by atoms with Gasteiger partial charge in [0.2, 0.25) is 11.8 Å². The number of nitrogens with one attached hydrogen (secondary N) is 2. The fourth-order valence-corrected chi connectivity index (χ4v) is 2.39. The smallest absolute Gasteiger partial charge is 0.273 e. The quantitative estimate of drug-likeness (QED) is 0.702. The molecule has 1 heterocycles. The maximum atomic E-state index is 12.3. The van der Waals surface area contributed by atoms with Crippen molar-refractivity contribution < 1.29 is 19.1 Å². The predicted molar refractivity (Wildman–Crippen MR) is 92.0 cm³/mol. The third-order valence-electron chi connectivity index (χ3n) is 3.93. The Morgan fingerprint density at radius 2 is 1.96 bits per heavy atom. The zero-order valence-corrected chi connectivity index (χ0v) is 14.6. The Hall–Kier alpha value is -2.67. The Bertz CT molecular complexity index is 742. The molecule has 0 aliphatic carbocycles. The van der Waals surface area contributed by atoms with Crippen molar-refractivity contribution in [2.45, 2.75) is 32.2 Å². The van der Waals surface area contributed by atoms with Crippen molar-refractivity contribution in [2.24, 2.45) is 0 Å². The maximum absolute atomic E-state index is 12.3. The summed E-state index contributed by atoms with van der Waals surface area (Å²) in [5, 5.41) is 15.0. The number of aromatic nitrogens is 1. The van der Waals surface area contributed by atoms with E-state index >= 15 is 0 Å². The van der Waals surface area contributed by atoms with Gasteiger partial charge < -0.3 is 20.2 Å². The number of aliphatic hydroxyl groups excluding tert-OH is 1. The molecule has 0 aliphatic rings. The van der Waals surface area contributed by atoms with E-state index in [1.807, 2.05) is 30.3 Å². The van der Waals surface area contributed by atoms with Gasteiger partial charge in [-0.05, 0) is 25.8 Å². The second-order valence-electron chi connectivity index (χ2n) is 6.03. The number of amides is 2. The molecule has 7 heteroatoms. The first-order valence-electron chi connectivity index (χ1n) is 8.05. The third-order valence-corrected chi connectivity index (χ3v) is 3.93. The van der Waals surface area contributed by atoms with Gasteiger partial charge in [-0.25, -0.2) is 4.98 Å². The lowest BCUT2D eigenvalue weighted by molar-refractivity contribution is -0.123. The number of rotatable bonds is 7. The molecule has 3 N–H and O–H groups in total. The monoisotopic (exact) mass is 345 g/mol. The molecular weight excluding hydrogens is 322 g/mol. The van der Waals surface area contributed by atoms with E-state index in [1.165, 1.54) is 7.05 Å². The van der Waals surface area contributed by atoms with Gasteiger partial charge in [-0.3, -0.25) is 9.59 Å². The molecular formula is C18H23N3O4. The molecule has 0 fully saturated rings. The van der Waals surface area contributed by atoms with Gasteiger partial charge in [-0.2, -0.15) is 0 Å². The highest BCUT2D eigenvalue weighted by molar-refractivity contribution is 5.92. The van der Waals surface area contributed by atoms with E-state index in [1.54, 1.807) is 13.8 Å². The fraction of sp³-hybridized carbons (Fsp3) is 0.389. The first-order chi connectivity index (χ1) is 11.9. The summed E-state index contributed by atoms with van der Waals surface area (Å²) in [5.74, 6) is -0.201. The average Bonchev–Trinajstić information content (AvgIpc) is 3.02. The summed E-state index contributed by atoms with van der Waals surface area (Å²) < 4.78 is 5.51. The summed E-state index contributed by atoms with van der Waals surface area (Å²) in [4.78, 5) is 28.2. The molecule has 0 bridgehead atoms. The molecule has 0 saturated heterocycles. The summed E-state index contributed by atoms with van der Waals surface area (Å²) in [6, 6.07) is 9.65. The van der Waals surface area contributed by atoms with Gasteiger partial charge in [-0.1, -0.05) is 30.3 Å². The molecule has 1 atom stereocenters. The number of hydrogen-bond acceptors (Lipinski definition) is 5. The standard InChI is InChI=1S/C18H23N3O4/c1-12-15(16(24)19-3)20-17(25-12)18(2,11-22)21-14(23)10-9-13-7-5-4-6-8-13/h4-8,22H,9-11H2,1-3H3,(H,19,24)(H,21,23)/t18-/m0/s1. The summed E-state index contributed by atoms with van der Waals surface area (Å²) >= 11 is 0. The lowest BCUT2D eigenvalue weighted by atomic mass is 10.0. The van der Waals surface area contributed by atoms with Crippen LogP contribution in [0, 0.1) is 6.92 Å². The molecule has 0 radical (unpaired) electrons. The average molecular weight is 345 g/mol. The van der Waals surface area contributed by atoms with Crippen LogP contribution in [0.15, 0.2) is 34.7 Å². The van der Waals surface area contributed by atoms with Crippen molar-refractivity contribution >= 4 is 11.8 Å². The van der Waals surface area contributed by atoms with E-state index in [-0.39, 0.29) is 29.8 Å². The van der Waals surface area contributed by atoms with Gasteiger partial charge in [0.25, 0.3) is 5.91 Å². The summed E-state index contributed by atoms with van der Waals surface area (Å²) in [6.07, 6.45) is 0.851. The molecule has 25 heavy (non-hydrogen) atoms. The lowest BCUT2D eigenvalue weighted by Crippen LogP contribution is -2.46. The number of aliphatic hydroxyl groups is 1. The highest BCUT2D eigenvalue weighted by atomic mass is 16.4. The number of benzene rings is 1. The molecule has 1 aromatic heterocycles. The van der Waals surface area contributed by atoms with Crippen molar-refractivity contribution in [1.29, 1.82) is 0 Å². The molecule has 2 amide bonds. The lowest BCUT2D eigenvalue weighted by Gasteiger charge is -2.25. The molecule has 2 aromatic rings. The first kappa shape index (κ1) is 18.7. The van der Waals surface area contributed by atoms with Crippen molar-refractivity contribution in [3.8, 4) is 0 Å². The van der Waals surface area contributed by atoms with E-state index in [9.17, 15) is 14.7 Å². The van der Waals surface area contributed by atoms with Crippen LogP contribution in [0.2, 0.25) is 0 Å². The van der Waals surface area contributed by atoms with Crippen molar-refractivity contribution in [3.05, 3.63) is 53.2 Å². The van der Waals surface area contributed by atoms with Crippen LogP contribution in [-0.2, 0) is 16.8 Å². The maximum Gasteiger partial charge on any atom is 0.273 e. The largest absolute Gasteiger partial charge is 0.442 e. The topological polar surface area (TPSA) is 104 Å². The Kier molecular flexibility index (Phi) is 5.93. The fourth-order valence-electron chi connectivity index (χ4n) is 2.39. The van der Waals surface area contributed by atoms with Crippen LogP contribution in [0.4, 0.5) is 0 Å². The zero-order valence-electron chi connectivity index (χ0n) is 14.6. The number of hydrogen-bond donors (Lipinski definition) is 3. The molecule has 0 unspecified atom stereocenters. The van der Waals surface area contributed by atoms with Gasteiger partial charge in [-0.15, -0.1) is 0 Å². The van der Waals surface area contributed by atoms with Gasteiger partial charge in [0.1, 0.15) is 11.3 Å². The first-order valence-corrected chi connectivity index (χ1v) is 8.05. The summed E-state index contributed by atoms with van der Waals surface area (Å²) in [5.41, 5.74) is -0.0157. The number of oxazole rings is 1. The second-order valence-corrected chi connectivity index (χ2v) is 6.03. The van der Waals surface area contributed by atoms with E-state index in [0.717, 1.165) is 5.56 Å². The highest BCUT2D eigenvalue weighted by Gasteiger charge is 2.34. The molecule has 0 spiro atoms. The minimum atomic E-state index is -1.20. The van der Waals surface area contributed by atoms with Gasteiger partial charge in [0, 0.05) is 13.5 Å². The van der Waals surface area contributed by atoms with E-state index in [0.29, 0.717) is 12.2 Å². The van der Waals surface area contributed by atoms with Crippen molar-refractivity contribution in [2.75, 3.05) is 13.7 Å².